The van der Waals surface area contributed by atoms with Gasteiger partial charge in [0.25, 0.3) is 0 Å². The molecule has 2 atom stereocenters. The van der Waals surface area contributed by atoms with E-state index in [1.54, 1.807) is 0 Å². The highest BCUT2D eigenvalue weighted by Gasteiger charge is 2.54. The minimum Gasteiger partial charge on any atom is -0.402 e. The summed E-state index contributed by atoms with van der Waals surface area (Å²) in [7, 11) is -2.26. The molecule has 152 valence electrons. The van der Waals surface area contributed by atoms with Crippen LogP contribution in [-0.4, -0.2) is 27.3 Å². The molecule has 1 aromatic rings. The second-order valence-corrected chi connectivity index (χ2v) is 10.7. The Morgan fingerprint density at radius 2 is 1.44 bits per heavy atom. The van der Waals surface area contributed by atoms with Crippen LogP contribution >= 0.6 is 0 Å². The summed E-state index contributed by atoms with van der Waals surface area (Å²) in [5, 5.41) is 0. The topological polar surface area (TPSA) is 47.6 Å². The van der Waals surface area contributed by atoms with E-state index in [0.717, 1.165) is 12.1 Å². The number of halogens is 3. The highest BCUT2D eigenvalue weighted by Crippen LogP contribution is 2.41. The lowest BCUT2D eigenvalue weighted by atomic mass is 9.74. The van der Waals surface area contributed by atoms with Crippen LogP contribution in [0.3, 0.4) is 0 Å². The molecule has 1 N–H and O–H groups in total. The summed E-state index contributed by atoms with van der Waals surface area (Å²) in [6.45, 7) is 13.0. The van der Waals surface area contributed by atoms with E-state index in [0.29, 0.717) is 5.56 Å². The molecule has 0 aliphatic carbocycles. The zero-order chi connectivity index (χ0) is 20.8. The highest BCUT2D eigenvalue weighted by molar-refractivity contribution is 7.84. The fraction of sp³-hybridized carbons (Fsp3) is 0.667. The van der Waals surface area contributed by atoms with Crippen LogP contribution in [0.1, 0.15) is 65.5 Å². The van der Waals surface area contributed by atoms with E-state index in [1.807, 2.05) is 48.5 Å². The van der Waals surface area contributed by atoms with Gasteiger partial charge in [0.2, 0.25) is 0 Å². The van der Waals surface area contributed by atoms with Gasteiger partial charge in [-0.15, -0.1) is 0 Å². The van der Waals surface area contributed by atoms with E-state index >= 15 is 0 Å². The lowest BCUT2D eigenvalue weighted by molar-refractivity contribution is -0.137. The molecule has 0 bridgehead atoms. The Bertz CT molecular complexity index is 683. The first-order chi connectivity index (χ1) is 12.0. The molecule has 1 fully saturated rings. The SMILES string of the molecule is CC(C)(C)S(=O)N[C@H](B1OC(C)(C)C(C)(C)O1)c1ccc(C(F)(F)F)cc1. The fourth-order valence-corrected chi connectivity index (χ4v) is 3.31. The van der Waals surface area contributed by atoms with Crippen molar-refractivity contribution in [2.24, 2.45) is 0 Å². The Hall–Kier alpha value is -0.895. The molecule has 0 radical (unpaired) electrons. The Morgan fingerprint density at radius 3 is 1.81 bits per heavy atom. The molecule has 1 aliphatic heterocycles. The monoisotopic (exact) mass is 405 g/mol. The lowest BCUT2D eigenvalue weighted by Gasteiger charge is -2.32. The minimum absolute atomic E-state index is 0.513. The summed E-state index contributed by atoms with van der Waals surface area (Å²) < 4.78 is 65.8. The summed E-state index contributed by atoms with van der Waals surface area (Å²) >= 11 is 0. The van der Waals surface area contributed by atoms with Gasteiger partial charge in [0.1, 0.15) is 0 Å². The van der Waals surface area contributed by atoms with E-state index < -0.39 is 51.7 Å². The average Bonchev–Trinajstić information content (AvgIpc) is 2.70. The van der Waals surface area contributed by atoms with Crippen molar-refractivity contribution in [3.05, 3.63) is 35.4 Å². The summed E-state index contributed by atoms with van der Waals surface area (Å²) in [6.07, 6.45) is -4.42. The largest absolute Gasteiger partial charge is 0.481 e. The third kappa shape index (κ3) is 4.94. The summed E-state index contributed by atoms with van der Waals surface area (Å²) in [6, 6.07) is 4.75. The maximum atomic E-state index is 12.9. The number of nitrogens with one attached hydrogen (secondary N) is 1. The first-order valence-electron chi connectivity index (χ1n) is 8.75. The van der Waals surface area contributed by atoms with Crippen molar-refractivity contribution in [2.75, 3.05) is 0 Å². The van der Waals surface area contributed by atoms with Crippen LogP contribution in [-0.2, 0) is 26.5 Å². The molecule has 0 amide bonds. The van der Waals surface area contributed by atoms with Crippen molar-refractivity contribution in [3.63, 3.8) is 0 Å². The molecule has 1 saturated heterocycles. The van der Waals surface area contributed by atoms with E-state index in [2.05, 4.69) is 4.72 Å². The van der Waals surface area contributed by atoms with E-state index in [-0.39, 0.29) is 0 Å². The second kappa shape index (κ2) is 7.17. The predicted molar refractivity (Wildman–Crippen MR) is 101 cm³/mol. The Morgan fingerprint density at radius 1 is 1.00 bits per heavy atom. The Kier molecular flexibility index (Phi) is 5.95. The van der Waals surface area contributed by atoms with Gasteiger partial charge in [-0.1, -0.05) is 12.1 Å². The van der Waals surface area contributed by atoms with Crippen molar-refractivity contribution in [1.82, 2.24) is 4.72 Å². The molecule has 9 heteroatoms. The zero-order valence-corrected chi connectivity index (χ0v) is 17.5. The van der Waals surface area contributed by atoms with Crippen LogP contribution in [0.2, 0.25) is 0 Å². The number of rotatable bonds is 4. The molecule has 1 aromatic carbocycles. The quantitative estimate of drug-likeness (QED) is 0.754. The van der Waals surface area contributed by atoms with Gasteiger partial charge in [-0.05, 0) is 66.2 Å². The van der Waals surface area contributed by atoms with Crippen LogP contribution in [0.5, 0.6) is 0 Å². The second-order valence-electron chi connectivity index (χ2n) is 8.72. The van der Waals surface area contributed by atoms with Crippen LogP contribution in [0.25, 0.3) is 0 Å². The van der Waals surface area contributed by atoms with Gasteiger partial charge >= 0.3 is 13.3 Å². The van der Waals surface area contributed by atoms with Crippen LogP contribution in [0, 0.1) is 0 Å². The zero-order valence-electron chi connectivity index (χ0n) is 16.7. The molecule has 0 spiro atoms. The van der Waals surface area contributed by atoms with E-state index in [1.165, 1.54) is 12.1 Å². The fourth-order valence-electron chi connectivity index (χ4n) is 2.48. The summed E-state index contributed by atoms with van der Waals surface area (Å²) in [5.41, 5.74) is -1.46. The van der Waals surface area contributed by atoms with Crippen LogP contribution < -0.4 is 4.72 Å². The molecule has 4 nitrogen and oxygen atoms in total. The maximum absolute atomic E-state index is 12.9. The first-order valence-corrected chi connectivity index (χ1v) is 9.90. The lowest BCUT2D eigenvalue weighted by Crippen LogP contribution is -2.43. The van der Waals surface area contributed by atoms with Gasteiger partial charge in [0.15, 0.2) is 0 Å². The summed E-state index contributed by atoms with van der Waals surface area (Å²) in [5.74, 6) is -0.687. The average molecular weight is 405 g/mol. The molecule has 0 saturated carbocycles. The van der Waals surface area contributed by atoms with Crippen molar-refractivity contribution in [2.45, 2.75) is 76.5 Å². The number of benzene rings is 1. The molecular weight excluding hydrogens is 378 g/mol. The van der Waals surface area contributed by atoms with Crippen LogP contribution in [0.4, 0.5) is 13.2 Å². The highest BCUT2D eigenvalue weighted by atomic mass is 32.2. The minimum atomic E-state index is -4.42. The van der Waals surface area contributed by atoms with Crippen molar-refractivity contribution >= 4 is 18.1 Å². The van der Waals surface area contributed by atoms with Gasteiger partial charge in [-0.2, -0.15) is 13.2 Å². The number of alkyl halides is 3. The predicted octanol–water partition coefficient (Wildman–Crippen LogP) is 4.43. The number of hydrogen-bond acceptors (Lipinski definition) is 3. The molecule has 27 heavy (non-hydrogen) atoms. The number of hydrogen-bond donors (Lipinski definition) is 1. The van der Waals surface area contributed by atoms with Gasteiger partial charge < -0.3 is 9.31 Å². The van der Waals surface area contributed by atoms with E-state index in [4.69, 9.17) is 9.31 Å². The van der Waals surface area contributed by atoms with E-state index in [9.17, 15) is 17.4 Å². The Balaban J connectivity index is 2.38. The third-order valence-corrected chi connectivity index (χ3v) is 6.51. The maximum Gasteiger partial charge on any atom is 0.481 e. The van der Waals surface area contributed by atoms with Gasteiger partial charge in [0.05, 0.1) is 38.4 Å². The summed E-state index contributed by atoms with van der Waals surface area (Å²) in [4.78, 5) is 0. The van der Waals surface area contributed by atoms with Gasteiger partial charge in [-0.25, -0.2) is 8.93 Å². The molecular formula is C18H27BF3NO3S. The molecule has 2 rings (SSSR count). The normalized spacial score (nSPS) is 21.9. The molecule has 1 unspecified atom stereocenters. The Labute approximate surface area is 161 Å². The van der Waals surface area contributed by atoms with Gasteiger partial charge in [-0.3, -0.25) is 0 Å². The molecule has 0 aromatic heterocycles. The molecule has 1 heterocycles. The standard InChI is InChI=1S/C18H27BF3NO3S/c1-15(2,3)27(24)23-14(19-25-16(4,5)17(6,7)26-19)12-8-10-13(11-9-12)18(20,21)22/h8-11,14,23H,1-7H3/t14-,27?/m0/s1. The van der Waals surface area contributed by atoms with Gasteiger partial charge in [0, 0.05) is 0 Å². The van der Waals surface area contributed by atoms with Crippen LogP contribution in [0.15, 0.2) is 24.3 Å². The van der Waals surface area contributed by atoms with Crippen molar-refractivity contribution in [1.29, 1.82) is 0 Å². The van der Waals surface area contributed by atoms with Crippen molar-refractivity contribution in [3.8, 4) is 0 Å². The smallest absolute Gasteiger partial charge is 0.402 e. The molecule has 1 aliphatic rings. The first kappa shape index (κ1) is 22.4. The third-order valence-electron chi connectivity index (χ3n) is 4.93. The van der Waals surface area contributed by atoms with Crippen molar-refractivity contribution < 1.29 is 26.7 Å².